The van der Waals surface area contributed by atoms with Crippen molar-refractivity contribution in [3.8, 4) is 11.5 Å². The summed E-state index contributed by atoms with van der Waals surface area (Å²) in [6.07, 6.45) is 0. The van der Waals surface area contributed by atoms with E-state index in [0.717, 1.165) is 42.8 Å². The highest BCUT2D eigenvalue weighted by Crippen LogP contribution is 2.28. The van der Waals surface area contributed by atoms with E-state index < -0.39 is 0 Å². The average molecular weight is 358 g/mol. The van der Waals surface area contributed by atoms with Gasteiger partial charge in [0.2, 0.25) is 0 Å². The molecule has 2 aromatic rings. The Morgan fingerprint density at radius 3 is 2.90 bits per heavy atom. The van der Waals surface area contributed by atoms with Gasteiger partial charge >= 0.3 is 0 Å². The second kappa shape index (κ2) is 6.22. The molecule has 2 heterocycles. The number of nitrogens with one attached hydrogen (secondary N) is 1. The number of hydrogen-bond donors (Lipinski definition) is 1. The molecule has 0 unspecified atom stereocenters. The van der Waals surface area contributed by atoms with Crippen LogP contribution < -0.4 is 5.32 Å². The van der Waals surface area contributed by atoms with Crippen molar-refractivity contribution in [1.29, 1.82) is 0 Å². The molecule has 0 saturated carbocycles. The largest absolute Gasteiger partial charge is 0.334 e. The van der Waals surface area contributed by atoms with Crippen LogP contribution in [0.25, 0.3) is 11.5 Å². The summed E-state index contributed by atoms with van der Waals surface area (Å²) in [4.78, 5) is 6.74. The first kappa shape index (κ1) is 14.0. The second-order valence-electron chi connectivity index (χ2n) is 4.67. The molecule has 1 aromatic carbocycles. The van der Waals surface area contributed by atoms with Gasteiger partial charge in [-0.05, 0) is 34.1 Å². The summed E-state index contributed by atoms with van der Waals surface area (Å²) in [5.41, 5.74) is 0.831. The molecule has 1 saturated heterocycles. The first-order chi connectivity index (χ1) is 9.72. The van der Waals surface area contributed by atoms with Gasteiger partial charge in [-0.15, -0.1) is 0 Å². The Labute approximate surface area is 130 Å². The van der Waals surface area contributed by atoms with E-state index in [4.69, 9.17) is 16.1 Å². The third-order valence-electron chi connectivity index (χ3n) is 3.21. The molecule has 1 fully saturated rings. The van der Waals surface area contributed by atoms with Gasteiger partial charge in [0.25, 0.3) is 5.89 Å². The van der Waals surface area contributed by atoms with E-state index in [9.17, 15) is 0 Å². The van der Waals surface area contributed by atoms with E-state index in [0.29, 0.717) is 16.7 Å². The van der Waals surface area contributed by atoms with Crippen molar-refractivity contribution >= 4 is 27.5 Å². The Bertz CT molecular complexity index is 598. The molecule has 0 aliphatic carbocycles. The van der Waals surface area contributed by atoms with E-state index in [1.54, 1.807) is 0 Å². The number of piperazine rings is 1. The maximum Gasteiger partial charge on any atom is 0.258 e. The van der Waals surface area contributed by atoms with Crippen molar-refractivity contribution < 1.29 is 4.52 Å². The lowest BCUT2D eigenvalue weighted by Crippen LogP contribution is -2.43. The lowest BCUT2D eigenvalue weighted by atomic mass is 10.2. The third-order valence-corrected chi connectivity index (χ3v) is 4.44. The quantitative estimate of drug-likeness (QED) is 0.915. The fraction of sp³-hybridized carbons (Fsp3) is 0.385. The molecular weight excluding hydrogens is 344 g/mol. The first-order valence-corrected chi connectivity index (χ1v) is 7.60. The Balaban J connectivity index is 1.73. The van der Waals surface area contributed by atoms with E-state index in [2.05, 4.69) is 36.3 Å². The predicted molar refractivity (Wildman–Crippen MR) is 80.6 cm³/mol. The zero-order valence-electron chi connectivity index (χ0n) is 10.8. The van der Waals surface area contributed by atoms with Gasteiger partial charge in [0, 0.05) is 36.2 Å². The fourth-order valence-corrected chi connectivity index (χ4v) is 2.56. The molecule has 1 aliphatic rings. The van der Waals surface area contributed by atoms with E-state index in [-0.39, 0.29) is 0 Å². The number of halogens is 2. The van der Waals surface area contributed by atoms with Gasteiger partial charge in [-0.1, -0.05) is 16.8 Å². The fourth-order valence-electron chi connectivity index (χ4n) is 2.13. The van der Waals surface area contributed by atoms with Crippen LogP contribution in [0.4, 0.5) is 0 Å². The SMILES string of the molecule is Clc1cc(-c2nc(CN3CCNCC3)no2)ccc1Br. The molecule has 0 radical (unpaired) electrons. The van der Waals surface area contributed by atoms with Gasteiger partial charge < -0.3 is 9.84 Å². The van der Waals surface area contributed by atoms with Crippen molar-refractivity contribution in [2.45, 2.75) is 6.54 Å². The van der Waals surface area contributed by atoms with Gasteiger partial charge in [-0.2, -0.15) is 4.98 Å². The van der Waals surface area contributed by atoms with Crippen LogP contribution in [0.1, 0.15) is 5.82 Å². The summed E-state index contributed by atoms with van der Waals surface area (Å²) in [5, 5.41) is 7.98. The topological polar surface area (TPSA) is 54.2 Å². The molecule has 1 aliphatic heterocycles. The summed E-state index contributed by atoms with van der Waals surface area (Å²) < 4.78 is 6.16. The minimum atomic E-state index is 0.504. The van der Waals surface area contributed by atoms with Crippen molar-refractivity contribution in [3.05, 3.63) is 33.5 Å². The van der Waals surface area contributed by atoms with Crippen LogP contribution in [0.15, 0.2) is 27.2 Å². The summed E-state index contributed by atoms with van der Waals surface area (Å²) in [6, 6.07) is 5.59. The zero-order chi connectivity index (χ0) is 13.9. The number of nitrogens with zero attached hydrogens (tertiary/aromatic N) is 3. The number of aromatic nitrogens is 2. The zero-order valence-corrected chi connectivity index (χ0v) is 13.1. The van der Waals surface area contributed by atoms with Gasteiger partial charge in [0.05, 0.1) is 11.6 Å². The van der Waals surface area contributed by atoms with E-state index in [1.807, 2.05) is 18.2 Å². The average Bonchev–Trinajstić information content (AvgIpc) is 2.91. The lowest BCUT2D eigenvalue weighted by Gasteiger charge is -2.25. The second-order valence-corrected chi connectivity index (χ2v) is 5.93. The first-order valence-electron chi connectivity index (χ1n) is 6.43. The van der Waals surface area contributed by atoms with Gasteiger partial charge in [-0.3, -0.25) is 4.90 Å². The standard InChI is InChI=1S/C13H14BrClN4O/c14-10-2-1-9(7-11(10)15)13-17-12(18-20-13)8-19-5-3-16-4-6-19/h1-2,7,16H,3-6,8H2. The van der Waals surface area contributed by atoms with Gasteiger partial charge in [0.1, 0.15) is 0 Å². The summed E-state index contributed by atoms with van der Waals surface area (Å²) in [5.74, 6) is 1.21. The monoisotopic (exact) mass is 356 g/mol. The minimum absolute atomic E-state index is 0.504. The molecule has 20 heavy (non-hydrogen) atoms. The molecule has 0 bridgehead atoms. The van der Waals surface area contributed by atoms with Crippen LogP contribution in [0.2, 0.25) is 5.02 Å². The van der Waals surface area contributed by atoms with E-state index in [1.165, 1.54) is 0 Å². The van der Waals surface area contributed by atoms with Gasteiger partial charge in [0.15, 0.2) is 5.82 Å². The minimum Gasteiger partial charge on any atom is -0.334 e. The van der Waals surface area contributed by atoms with Crippen molar-refractivity contribution in [3.63, 3.8) is 0 Å². The Kier molecular flexibility index (Phi) is 4.35. The Hall–Kier alpha value is -0.950. The lowest BCUT2D eigenvalue weighted by molar-refractivity contribution is 0.225. The molecule has 5 nitrogen and oxygen atoms in total. The summed E-state index contributed by atoms with van der Waals surface area (Å²) in [6.45, 7) is 4.75. The molecule has 0 amide bonds. The molecular formula is C13H14BrClN4O. The van der Waals surface area contributed by atoms with Crippen molar-refractivity contribution in [2.75, 3.05) is 26.2 Å². The van der Waals surface area contributed by atoms with Crippen molar-refractivity contribution in [1.82, 2.24) is 20.4 Å². The van der Waals surface area contributed by atoms with Crippen LogP contribution in [0, 0.1) is 0 Å². The van der Waals surface area contributed by atoms with Crippen LogP contribution in [0.3, 0.4) is 0 Å². The maximum atomic E-state index is 6.07. The molecule has 0 spiro atoms. The third kappa shape index (κ3) is 3.20. The number of hydrogen-bond acceptors (Lipinski definition) is 5. The number of rotatable bonds is 3. The normalized spacial score (nSPS) is 16.5. The highest BCUT2D eigenvalue weighted by atomic mass is 79.9. The molecule has 106 valence electrons. The Morgan fingerprint density at radius 1 is 1.35 bits per heavy atom. The number of benzene rings is 1. The summed E-state index contributed by atoms with van der Waals surface area (Å²) >= 11 is 9.44. The smallest absolute Gasteiger partial charge is 0.258 e. The van der Waals surface area contributed by atoms with Gasteiger partial charge in [-0.25, -0.2) is 0 Å². The maximum absolute atomic E-state index is 6.07. The molecule has 1 N–H and O–H groups in total. The van der Waals surface area contributed by atoms with Crippen LogP contribution in [-0.2, 0) is 6.54 Å². The van der Waals surface area contributed by atoms with Crippen molar-refractivity contribution in [2.24, 2.45) is 0 Å². The van der Waals surface area contributed by atoms with Crippen LogP contribution in [0.5, 0.6) is 0 Å². The highest BCUT2D eigenvalue weighted by molar-refractivity contribution is 9.10. The van der Waals surface area contributed by atoms with Crippen LogP contribution >= 0.6 is 27.5 Å². The molecule has 0 atom stereocenters. The summed E-state index contributed by atoms with van der Waals surface area (Å²) in [7, 11) is 0. The molecule has 1 aromatic heterocycles. The highest BCUT2D eigenvalue weighted by Gasteiger charge is 2.15. The van der Waals surface area contributed by atoms with E-state index >= 15 is 0 Å². The molecule has 7 heteroatoms. The predicted octanol–water partition coefficient (Wildman–Crippen LogP) is 2.56. The Morgan fingerprint density at radius 2 is 2.15 bits per heavy atom. The van der Waals surface area contributed by atoms with Crippen LogP contribution in [-0.4, -0.2) is 41.2 Å². The molecule has 3 rings (SSSR count).